The summed E-state index contributed by atoms with van der Waals surface area (Å²) < 4.78 is 1.96. The summed E-state index contributed by atoms with van der Waals surface area (Å²) >= 11 is 1.47. The van der Waals surface area contributed by atoms with E-state index in [1.807, 2.05) is 53.8 Å². The minimum absolute atomic E-state index is 0.0484. The molecule has 0 aliphatic carbocycles. The van der Waals surface area contributed by atoms with E-state index in [0.29, 0.717) is 13.1 Å². The van der Waals surface area contributed by atoms with Gasteiger partial charge in [0.2, 0.25) is 0 Å². The van der Waals surface area contributed by atoms with Gasteiger partial charge in [0, 0.05) is 12.1 Å². The van der Waals surface area contributed by atoms with Crippen LogP contribution in [0.25, 0.3) is 11.4 Å². The highest BCUT2D eigenvalue weighted by Gasteiger charge is 2.37. The first-order chi connectivity index (χ1) is 13.0. The van der Waals surface area contributed by atoms with Crippen molar-refractivity contribution in [2.24, 2.45) is 5.92 Å². The van der Waals surface area contributed by atoms with Crippen LogP contribution in [0.3, 0.4) is 0 Å². The van der Waals surface area contributed by atoms with Crippen molar-refractivity contribution in [3.63, 3.8) is 0 Å². The molecular weight excluding hydrogens is 358 g/mol. The predicted molar refractivity (Wildman–Crippen MR) is 106 cm³/mol. The monoisotopic (exact) mass is 381 g/mol. The van der Waals surface area contributed by atoms with Crippen molar-refractivity contribution < 1.29 is 4.79 Å². The predicted octanol–water partition coefficient (Wildman–Crippen LogP) is 3.87. The molecule has 0 fully saturated rings. The average molecular weight is 382 g/mol. The first-order valence-corrected chi connectivity index (χ1v) is 10.0. The van der Waals surface area contributed by atoms with Crippen molar-refractivity contribution in [2.45, 2.75) is 40.3 Å². The summed E-state index contributed by atoms with van der Waals surface area (Å²) in [6.07, 6.45) is 0. The number of rotatable bonds is 3. The Morgan fingerprint density at radius 3 is 2.52 bits per heavy atom. The molecule has 0 bridgehead atoms. The van der Waals surface area contributed by atoms with Crippen LogP contribution in [-0.2, 0) is 6.54 Å². The largest absolute Gasteiger partial charge is 0.326 e. The quantitative estimate of drug-likeness (QED) is 0.691. The Kier molecular flexibility index (Phi) is 4.55. The first kappa shape index (κ1) is 17.9. The summed E-state index contributed by atoms with van der Waals surface area (Å²) in [6.45, 7) is 9.38. The molecule has 3 aromatic rings. The molecule has 7 heteroatoms. The molecule has 3 heterocycles. The molecule has 0 saturated carbocycles. The second-order valence-corrected chi connectivity index (χ2v) is 8.42. The molecule has 2 aromatic heterocycles. The number of nitrogens with zero attached hydrogens (tertiary/aromatic N) is 5. The van der Waals surface area contributed by atoms with Crippen LogP contribution in [0.5, 0.6) is 0 Å². The zero-order chi connectivity index (χ0) is 19.1. The molecule has 0 unspecified atom stereocenters. The molecule has 1 aliphatic heterocycles. The van der Waals surface area contributed by atoms with Crippen molar-refractivity contribution in [1.29, 1.82) is 0 Å². The summed E-state index contributed by atoms with van der Waals surface area (Å²) in [4.78, 5) is 25.2. The van der Waals surface area contributed by atoms with Crippen molar-refractivity contribution in [3.05, 3.63) is 51.7 Å². The normalized spacial score (nSPS) is 16.6. The van der Waals surface area contributed by atoms with E-state index < -0.39 is 0 Å². The fourth-order valence-electron chi connectivity index (χ4n) is 3.67. The third-order valence-corrected chi connectivity index (χ3v) is 5.94. The van der Waals surface area contributed by atoms with E-state index in [1.54, 1.807) is 0 Å². The number of hydrogen-bond acceptors (Lipinski definition) is 5. The van der Waals surface area contributed by atoms with Gasteiger partial charge in [-0.3, -0.25) is 4.79 Å². The van der Waals surface area contributed by atoms with E-state index in [2.05, 4.69) is 18.8 Å². The first-order valence-electron chi connectivity index (χ1n) is 9.21. The van der Waals surface area contributed by atoms with E-state index in [9.17, 15) is 4.79 Å². The fourth-order valence-corrected chi connectivity index (χ4v) is 4.55. The molecule has 1 aromatic carbocycles. The van der Waals surface area contributed by atoms with Crippen LogP contribution in [0.1, 0.15) is 46.1 Å². The van der Waals surface area contributed by atoms with Gasteiger partial charge in [0.15, 0.2) is 11.6 Å². The zero-order valence-electron chi connectivity index (χ0n) is 16.0. The molecule has 140 valence electrons. The van der Waals surface area contributed by atoms with Gasteiger partial charge >= 0.3 is 0 Å². The highest BCUT2D eigenvalue weighted by atomic mass is 32.1. The second kappa shape index (κ2) is 6.88. The minimum atomic E-state index is -0.0991. The Morgan fingerprint density at radius 2 is 1.89 bits per heavy atom. The van der Waals surface area contributed by atoms with Crippen LogP contribution >= 0.6 is 11.3 Å². The smallest absolute Gasteiger partial charge is 0.266 e. The molecule has 0 spiro atoms. The van der Waals surface area contributed by atoms with Gasteiger partial charge in [0.05, 0.1) is 23.3 Å². The van der Waals surface area contributed by atoms with E-state index >= 15 is 0 Å². The number of fused-ring (bicyclic) bond motifs is 1. The van der Waals surface area contributed by atoms with Crippen molar-refractivity contribution in [2.75, 3.05) is 6.54 Å². The van der Waals surface area contributed by atoms with Crippen molar-refractivity contribution >= 4 is 17.2 Å². The number of carbonyl (C=O) groups is 1. The van der Waals surface area contributed by atoms with Crippen LogP contribution in [0.15, 0.2) is 30.3 Å². The number of aromatic nitrogens is 4. The Labute approximate surface area is 162 Å². The van der Waals surface area contributed by atoms with Crippen LogP contribution < -0.4 is 0 Å². The zero-order valence-corrected chi connectivity index (χ0v) is 16.8. The van der Waals surface area contributed by atoms with Gasteiger partial charge in [-0.1, -0.05) is 44.2 Å². The topological polar surface area (TPSA) is 63.9 Å². The Bertz CT molecular complexity index is 976. The van der Waals surface area contributed by atoms with Gasteiger partial charge in [-0.05, 0) is 19.8 Å². The SMILES string of the molecule is Cc1nc(C)c(C(=O)N2CCn3nc(-c4ccccc4)nc3[C@@H]2C(C)C)s1. The lowest BCUT2D eigenvalue weighted by Crippen LogP contribution is -2.44. The summed E-state index contributed by atoms with van der Waals surface area (Å²) in [5, 5.41) is 5.62. The molecule has 0 saturated heterocycles. The van der Waals surface area contributed by atoms with Gasteiger partial charge in [-0.15, -0.1) is 11.3 Å². The Hall–Kier alpha value is -2.54. The molecule has 27 heavy (non-hydrogen) atoms. The van der Waals surface area contributed by atoms with E-state index in [-0.39, 0.29) is 17.9 Å². The third-order valence-electron chi connectivity index (χ3n) is 4.88. The van der Waals surface area contributed by atoms with Crippen molar-refractivity contribution in [3.8, 4) is 11.4 Å². The summed E-state index contributed by atoms with van der Waals surface area (Å²) in [5.74, 6) is 1.86. The molecule has 1 amide bonds. The molecule has 0 N–H and O–H groups in total. The molecule has 0 radical (unpaired) electrons. The van der Waals surface area contributed by atoms with Gasteiger partial charge in [0.25, 0.3) is 5.91 Å². The third kappa shape index (κ3) is 3.16. The van der Waals surface area contributed by atoms with E-state index in [0.717, 1.165) is 32.8 Å². The summed E-state index contributed by atoms with van der Waals surface area (Å²) in [5.41, 5.74) is 1.80. The van der Waals surface area contributed by atoms with Gasteiger partial charge < -0.3 is 4.90 Å². The van der Waals surface area contributed by atoms with E-state index in [1.165, 1.54) is 11.3 Å². The highest BCUT2D eigenvalue weighted by molar-refractivity contribution is 7.13. The van der Waals surface area contributed by atoms with Crippen molar-refractivity contribution in [1.82, 2.24) is 24.6 Å². The lowest BCUT2D eigenvalue weighted by atomic mass is 9.99. The lowest BCUT2D eigenvalue weighted by Gasteiger charge is -2.37. The summed E-state index contributed by atoms with van der Waals surface area (Å²) in [6, 6.07) is 9.88. The lowest BCUT2D eigenvalue weighted by molar-refractivity contribution is 0.0541. The molecule has 6 nitrogen and oxygen atoms in total. The van der Waals surface area contributed by atoms with E-state index in [4.69, 9.17) is 10.1 Å². The maximum absolute atomic E-state index is 13.3. The maximum atomic E-state index is 13.3. The van der Waals surface area contributed by atoms with Gasteiger partial charge in [0.1, 0.15) is 4.88 Å². The van der Waals surface area contributed by atoms with Crippen LogP contribution in [0.2, 0.25) is 0 Å². The number of benzene rings is 1. The van der Waals surface area contributed by atoms with Gasteiger partial charge in [-0.2, -0.15) is 5.10 Å². The Morgan fingerprint density at radius 1 is 1.15 bits per heavy atom. The van der Waals surface area contributed by atoms with Crippen LogP contribution in [-0.4, -0.2) is 37.1 Å². The summed E-state index contributed by atoms with van der Waals surface area (Å²) in [7, 11) is 0. The number of amides is 1. The Balaban J connectivity index is 1.72. The number of thiazole rings is 1. The second-order valence-electron chi connectivity index (χ2n) is 7.22. The maximum Gasteiger partial charge on any atom is 0.266 e. The molecule has 1 aliphatic rings. The number of carbonyl (C=O) groups excluding carboxylic acids is 1. The fraction of sp³-hybridized carbons (Fsp3) is 0.400. The van der Waals surface area contributed by atoms with Crippen LogP contribution in [0, 0.1) is 19.8 Å². The molecule has 1 atom stereocenters. The molecular formula is C20H23N5OS. The average Bonchev–Trinajstić information content (AvgIpc) is 3.23. The highest BCUT2D eigenvalue weighted by Crippen LogP contribution is 2.34. The number of aryl methyl sites for hydroxylation is 2. The number of hydrogen-bond donors (Lipinski definition) is 0. The van der Waals surface area contributed by atoms with Crippen LogP contribution in [0.4, 0.5) is 0 Å². The molecule has 4 rings (SSSR count). The standard InChI is InChI=1S/C20H23N5OS/c1-12(2)16-19-22-18(15-8-6-5-7-9-15)23-25(19)11-10-24(16)20(26)17-13(3)21-14(4)27-17/h5-9,12,16H,10-11H2,1-4H3/t16-/m0/s1. The minimum Gasteiger partial charge on any atom is -0.326 e. The van der Waals surface area contributed by atoms with Gasteiger partial charge in [-0.25, -0.2) is 14.6 Å².